The van der Waals surface area contributed by atoms with Gasteiger partial charge in [0.05, 0.1) is 0 Å². The summed E-state index contributed by atoms with van der Waals surface area (Å²) < 4.78 is 1.07. The molecule has 0 heterocycles. The molecule has 4 N–H and O–H groups in total. The van der Waals surface area contributed by atoms with Gasteiger partial charge < -0.3 is 5.32 Å². The smallest absolute Gasteiger partial charge is 0.210 e. The van der Waals surface area contributed by atoms with E-state index in [2.05, 4.69) is 50.7 Å². The molecule has 0 spiro atoms. The third-order valence-corrected chi connectivity index (χ3v) is 3.73. The second-order valence-corrected chi connectivity index (χ2v) is 5.35. The molecule has 0 radical (unpaired) electrons. The Bertz CT molecular complexity index is 610. The van der Waals surface area contributed by atoms with Crippen LogP contribution in [0.3, 0.4) is 0 Å². The third-order valence-electron chi connectivity index (χ3n) is 3.04. The molecule has 4 nitrogen and oxygen atoms in total. The maximum atomic E-state index is 5.52. The summed E-state index contributed by atoms with van der Waals surface area (Å²) in [6.07, 6.45) is 2.16. The highest BCUT2D eigenvalue weighted by Gasteiger charge is 2.05. The van der Waals surface area contributed by atoms with Crippen molar-refractivity contribution < 1.29 is 0 Å². The van der Waals surface area contributed by atoms with E-state index in [0.717, 1.165) is 40.3 Å². The first kappa shape index (κ1) is 14.8. The van der Waals surface area contributed by atoms with Crippen molar-refractivity contribution >= 4 is 38.3 Å². The number of aliphatic imine (C=N–C) groups is 1. The summed E-state index contributed by atoms with van der Waals surface area (Å²) in [5.41, 5.74) is 3.60. The summed E-state index contributed by atoms with van der Waals surface area (Å²) in [6.45, 7) is 2.90. The second kappa shape index (κ2) is 7.26. The van der Waals surface area contributed by atoms with Gasteiger partial charge in [0.25, 0.3) is 0 Å². The largest absolute Gasteiger partial charge is 0.325 e. The van der Waals surface area contributed by atoms with Crippen LogP contribution < -0.4 is 16.6 Å². The molecule has 0 saturated carbocycles. The van der Waals surface area contributed by atoms with E-state index in [1.807, 2.05) is 24.3 Å². The zero-order chi connectivity index (χ0) is 14.4. The lowest BCUT2D eigenvalue weighted by molar-refractivity contribution is 0.801. The van der Waals surface area contributed by atoms with E-state index in [0.29, 0.717) is 5.96 Å². The van der Waals surface area contributed by atoms with Crippen LogP contribution in [-0.4, -0.2) is 12.5 Å². The Balaban J connectivity index is 2.29. The maximum absolute atomic E-state index is 5.52. The highest BCUT2D eigenvalue weighted by molar-refractivity contribution is 9.10. The van der Waals surface area contributed by atoms with Crippen molar-refractivity contribution in [2.75, 3.05) is 11.9 Å². The van der Waals surface area contributed by atoms with Crippen LogP contribution in [0.2, 0.25) is 0 Å². The highest BCUT2D eigenvalue weighted by Crippen LogP contribution is 2.29. The molecule has 2 aromatic rings. The van der Waals surface area contributed by atoms with Crippen molar-refractivity contribution in [2.24, 2.45) is 10.8 Å². The number of rotatable bonds is 4. The number of nitrogens with one attached hydrogen (secondary N) is 2. The predicted octanol–water partition coefficient (Wildman–Crippen LogP) is 3.63. The second-order valence-electron chi connectivity index (χ2n) is 4.49. The van der Waals surface area contributed by atoms with Crippen LogP contribution in [0.15, 0.2) is 45.9 Å². The molecule has 0 aliphatic rings. The minimum absolute atomic E-state index is 0.589. The molecule has 0 aliphatic heterocycles. The van der Waals surface area contributed by atoms with E-state index in [4.69, 9.17) is 5.84 Å². The molecule has 20 heavy (non-hydrogen) atoms. The first-order chi connectivity index (χ1) is 9.76. The fourth-order valence-electron chi connectivity index (χ4n) is 1.97. The van der Waals surface area contributed by atoms with Gasteiger partial charge in [0.2, 0.25) is 5.96 Å². The fraction of sp³-hybridized carbons (Fsp3) is 0.267. The first-order valence-electron chi connectivity index (χ1n) is 6.71. The first-order valence-corrected chi connectivity index (χ1v) is 7.51. The molecule has 0 unspecified atom stereocenters. The van der Waals surface area contributed by atoms with Crippen molar-refractivity contribution in [3.8, 4) is 0 Å². The minimum Gasteiger partial charge on any atom is -0.325 e. The standard InChI is InChI=1S/C15H19BrN4/c1-2-3-10-18-15(20-17)19-14-9-8-13(16)11-6-4-5-7-12(11)14/h4-9H,2-3,10,17H2,1H3,(H2,18,19,20). The quantitative estimate of drug-likeness (QED) is 0.263. The van der Waals surface area contributed by atoms with Crippen LogP contribution in [0.5, 0.6) is 0 Å². The fourth-order valence-corrected chi connectivity index (χ4v) is 2.45. The number of benzene rings is 2. The Morgan fingerprint density at radius 2 is 1.95 bits per heavy atom. The Hall–Kier alpha value is -1.59. The SMILES string of the molecule is CCCCN=C(NN)Nc1ccc(Br)c2ccccc12. The number of halogens is 1. The maximum Gasteiger partial charge on any atom is 0.210 e. The van der Waals surface area contributed by atoms with Gasteiger partial charge in [0, 0.05) is 22.1 Å². The van der Waals surface area contributed by atoms with E-state index in [-0.39, 0.29) is 0 Å². The summed E-state index contributed by atoms with van der Waals surface area (Å²) >= 11 is 3.57. The van der Waals surface area contributed by atoms with Gasteiger partial charge in [0.15, 0.2) is 0 Å². The minimum atomic E-state index is 0.589. The van der Waals surface area contributed by atoms with Gasteiger partial charge in [-0.3, -0.25) is 10.4 Å². The van der Waals surface area contributed by atoms with Crippen molar-refractivity contribution in [1.82, 2.24) is 5.43 Å². The van der Waals surface area contributed by atoms with Gasteiger partial charge >= 0.3 is 0 Å². The Labute approximate surface area is 127 Å². The molecule has 2 rings (SSSR count). The predicted molar refractivity (Wildman–Crippen MR) is 89.8 cm³/mol. The third kappa shape index (κ3) is 3.49. The van der Waals surface area contributed by atoms with Crippen LogP contribution in [0.1, 0.15) is 19.8 Å². The molecule has 106 valence electrons. The van der Waals surface area contributed by atoms with Gasteiger partial charge in [-0.15, -0.1) is 0 Å². The number of guanidine groups is 1. The molecule has 0 amide bonds. The monoisotopic (exact) mass is 334 g/mol. The van der Waals surface area contributed by atoms with Gasteiger partial charge in [0.1, 0.15) is 0 Å². The van der Waals surface area contributed by atoms with Crippen LogP contribution in [0.25, 0.3) is 10.8 Å². The molecule has 0 bridgehead atoms. The van der Waals surface area contributed by atoms with Gasteiger partial charge in [-0.1, -0.05) is 53.5 Å². The van der Waals surface area contributed by atoms with Crippen molar-refractivity contribution in [3.05, 3.63) is 40.9 Å². The summed E-state index contributed by atoms with van der Waals surface area (Å²) in [4.78, 5) is 4.41. The zero-order valence-corrected chi connectivity index (χ0v) is 13.1. The lowest BCUT2D eigenvalue weighted by Crippen LogP contribution is -2.36. The lowest BCUT2D eigenvalue weighted by atomic mass is 10.1. The van der Waals surface area contributed by atoms with E-state index in [9.17, 15) is 0 Å². The summed E-state index contributed by atoms with van der Waals surface area (Å²) in [7, 11) is 0. The molecular weight excluding hydrogens is 316 g/mol. The van der Waals surface area contributed by atoms with E-state index in [1.54, 1.807) is 0 Å². The normalized spacial score (nSPS) is 11.7. The molecule has 0 aromatic heterocycles. The van der Waals surface area contributed by atoms with Gasteiger partial charge in [-0.25, -0.2) is 5.84 Å². The van der Waals surface area contributed by atoms with Crippen molar-refractivity contribution in [2.45, 2.75) is 19.8 Å². The van der Waals surface area contributed by atoms with Crippen LogP contribution in [-0.2, 0) is 0 Å². The van der Waals surface area contributed by atoms with Gasteiger partial charge in [-0.2, -0.15) is 0 Å². The number of fused-ring (bicyclic) bond motifs is 1. The summed E-state index contributed by atoms with van der Waals surface area (Å²) in [5, 5.41) is 5.53. The van der Waals surface area contributed by atoms with E-state index >= 15 is 0 Å². The topological polar surface area (TPSA) is 62.4 Å². The van der Waals surface area contributed by atoms with Crippen LogP contribution in [0, 0.1) is 0 Å². The number of anilines is 1. The number of nitrogens with two attached hydrogens (primary N) is 1. The average molecular weight is 335 g/mol. The molecule has 0 fully saturated rings. The van der Waals surface area contributed by atoms with Crippen LogP contribution in [0.4, 0.5) is 5.69 Å². The van der Waals surface area contributed by atoms with Gasteiger partial charge in [-0.05, 0) is 23.9 Å². The number of hydrogen-bond donors (Lipinski definition) is 3. The molecule has 0 saturated heterocycles. The molecule has 2 aromatic carbocycles. The number of unbranched alkanes of at least 4 members (excludes halogenated alkanes) is 1. The molecule has 5 heteroatoms. The number of hydrazine groups is 1. The van der Waals surface area contributed by atoms with Crippen molar-refractivity contribution in [3.63, 3.8) is 0 Å². The van der Waals surface area contributed by atoms with E-state index < -0.39 is 0 Å². The van der Waals surface area contributed by atoms with E-state index in [1.165, 1.54) is 0 Å². The Kier molecular flexibility index (Phi) is 5.38. The molecule has 0 atom stereocenters. The zero-order valence-electron chi connectivity index (χ0n) is 11.5. The summed E-state index contributed by atoms with van der Waals surface area (Å²) in [6, 6.07) is 12.2. The average Bonchev–Trinajstić information content (AvgIpc) is 2.49. The highest BCUT2D eigenvalue weighted by atomic mass is 79.9. The lowest BCUT2D eigenvalue weighted by Gasteiger charge is -2.12. The molecule has 0 aliphatic carbocycles. The number of hydrogen-bond acceptors (Lipinski definition) is 2. The number of nitrogens with zero attached hydrogens (tertiary/aromatic N) is 1. The van der Waals surface area contributed by atoms with Crippen LogP contribution >= 0.6 is 15.9 Å². The molecular formula is C15H19BrN4. The Morgan fingerprint density at radius 1 is 1.20 bits per heavy atom. The van der Waals surface area contributed by atoms with Crippen molar-refractivity contribution in [1.29, 1.82) is 0 Å². The Morgan fingerprint density at radius 3 is 2.65 bits per heavy atom. The summed E-state index contributed by atoms with van der Waals surface area (Å²) in [5.74, 6) is 6.11.